The molecule has 0 amide bonds. The number of aryl methyl sites for hydroxylation is 1. The van der Waals surface area contributed by atoms with Gasteiger partial charge in [-0.3, -0.25) is 0 Å². The molecule has 4 heteroatoms. The summed E-state index contributed by atoms with van der Waals surface area (Å²) >= 11 is 6.52. The van der Waals surface area contributed by atoms with E-state index in [1.807, 2.05) is 31.2 Å². The van der Waals surface area contributed by atoms with Gasteiger partial charge >= 0.3 is 0 Å². The van der Waals surface area contributed by atoms with Crippen molar-refractivity contribution in [2.45, 2.75) is 58.7 Å². The molecule has 1 saturated carbocycles. The molecule has 140 valence electrons. The third-order valence-electron chi connectivity index (χ3n) is 4.99. The molecule has 1 aliphatic carbocycles. The third-order valence-corrected chi connectivity index (χ3v) is 5.35. The first-order valence-electron chi connectivity index (χ1n) is 9.53. The molecular weight excluding hydrogens is 346 g/mol. The van der Waals surface area contributed by atoms with Crippen molar-refractivity contribution >= 4 is 11.6 Å². The summed E-state index contributed by atoms with van der Waals surface area (Å²) < 4.78 is 11.9. The Balaban J connectivity index is 1.72. The van der Waals surface area contributed by atoms with Crippen LogP contribution in [-0.4, -0.2) is 12.6 Å². The minimum absolute atomic E-state index is 0.503. The molecule has 0 aliphatic heterocycles. The maximum Gasteiger partial charge on any atom is 0.163 e. The largest absolute Gasteiger partial charge is 0.490 e. The second-order valence-electron chi connectivity index (χ2n) is 6.90. The molecule has 1 aliphatic rings. The highest BCUT2D eigenvalue weighted by Gasteiger charge is 2.16. The summed E-state index contributed by atoms with van der Waals surface area (Å²) in [7, 11) is 0. The molecule has 3 rings (SSSR count). The van der Waals surface area contributed by atoms with Crippen LogP contribution >= 0.6 is 11.6 Å². The van der Waals surface area contributed by atoms with Crippen molar-refractivity contribution in [3.05, 3.63) is 58.1 Å². The quantitative estimate of drug-likeness (QED) is 0.647. The summed E-state index contributed by atoms with van der Waals surface area (Å²) in [5.74, 6) is 1.46. The average Bonchev–Trinajstić information content (AvgIpc) is 3.15. The van der Waals surface area contributed by atoms with Gasteiger partial charge in [0.1, 0.15) is 6.61 Å². The molecule has 1 N–H and O–H groups in total. The van der Waals surface area contributed by atoms with Crippen LogP contribution in [0.15, 0.2) is 36.4 Å². The summed E-state index contributed by atoms with van der Waals surface area (Å²) in [6.07, 6.45) is 5.16. The predicted molar refractivity (Wildman–Crippen MR) is 107 cm³/mol. The van der Waals surface area contributed by atoms with E-state index in [2.05, 4.69) is 24.4 Å². The first kappa shape index (κ1) is 19.1. The van der Waals surface area contributed by atoms with Crippen molar-refractivity contribution in [3.8, 4) is 11.5 Å². The molecule has 0 spiro atoms. The van der Waals surface area contributed by atoms with Crippen molar-refractivity contribution in [3.63, 3.8) is 0 Å². The molecule has 2 aromatic carbocycles. The number of benzene rings is 2. The molecule has 2 aromatic rings. The Morgan fingerprint density at radius 2 is 1.77 bits per heavy atom. The van der Waals surface area contributed by atoms with Crippen LogP contribution in [-0.2, 0) is 13.2 Å². The molecule has 0 radical (unpaired) electrons. The van der Waals surface area contributed by atoms with Crippen molar-refractivity contribution in [1.82, 2.24) is 5.32 Å². The van der Waals surface area contributed by atoms with E-state index >= 15 is 0 Å². The van der Waals surface area contributed by atoms with Gasteiger partial charge < -0.3 is 14.8 Å². The number of hydrogen-bond acceptors (Lipinski definition) is 3. The molecule has 1 fully saturated rings. The number of nitrogens with one attached hydrogen (secondary N) is 1. The second kappa shape index (κ2) is 9.29. The summed E-state index contributed by atoms with van der Waals surface area (Å²) in [4.78, 5) is 0. The maximum absolute atomic E-state index is 6.52. The van der Waals surface area contributed by atoms with E-state index < -0.39 is 0 Å². The van der Waals surface area contributed by atoms with Gasteiger partial charge in [-0.15, -0.1) is 0 Å². The number of halogens is 1. The second-order valence-corrected chi connectivity index (χ2v) is 7.31. The van der Waals surface area contributed by atoms with Gasteiger partial charge in [-0.25, -0.2) is 0 Å². The zero-order chi connectivity index (χ0) is 18.4. The van der Waals surface area contributed by atoms with Gasteiger partial charge in [0.25, 0.3) is 0 Å². The highest BCUT2D eigenvalue weighted by atomic mass is 35.5. The predicted octanol–water partition coefficient (Wildman–Crippen LogP) is 5.66. The van der Waals surface area contributed by atoms with Crippen molar-refractivity contribution in [2.24, 2.45) is 0 Å². The highest BCUT2D eigenvalue weighted by molar-refractivity contribution is 6.31. The molecule has 0 bridgehead atoms. The molecule has 0 unspecified atom stereocenters. The van der Waals surface area contributed by atoms with Crippen LogP contribution in [0.4, 0.5) is 0 Å². The summed E-state index contributed by atoms with van der Waals surface area (Å²) in [6, 6.07) is 12.7. The zero-order valence-electron chi connectivity index (χ0n) is 15.7. The van der Waals surface area contributed by atoms with E-state index in [9.17, 15) is 0 Å². The molecular formula is C22H28ClNO2. The van der Waals surface area contributed by atoms with Gasteiger partial charge in [0.05, 0.1) is 6.61 Å². The van der Waals surface area contributed by atoms with Crippen LogP contribution in [0.2, 0.25) is 5.02 Å². The van der Waals surface area contributed by atoms with Crippen molar-refractivity contribution < 1.29 is 9.47 Å². The highest BCUT2D eigenvalue weighted by Crippen LogP contribution is 2.34. The monoisotopic (exact) mass is 373 g/mol. The van der Waals surface area contributed by atoms with E-state index in [0.717, 1.165) is 28.4 Å². The van der Waals surface area contributed by atoms with Crippen LogP contribution in [0.25, 0.3) is 0 Å². The molecule has 0 saturated heterocycles. The minimum Gasteiger partial charge on any atom is -0.490 e. The lowest BCUT2D eigenvalue weighted by atomic mass is 10.1. The lowest BCUT2D eigenvalue weighted by molar-refractivity contribution is 0.268. The summed E-state index contributed by atoms with van der Waals surface area (Å²) in [6.45, 7) is 5.94. The SMILES string of the molecule is CCOc1cc(CNC2CCCC2)c(Cl)cc1OCc1ccccc1C. The van der Waals surface area contributed by atoms with E-state index in [4.69, 9.17) is 21.1 Å². The minimum atomic E-state index is 0.503. The van der Waals surface area contributed by atoms with Gasteiger partial charge in [0.2, 0.25) is 0 Å². The summed E-state index contributed by atoms with van der Waals surface area (Å²) in [5, 5.41) is 4.33. The van der Waals surface area contributed by atoms with Crippen LogP contribution in [0.1, 0.15) is 49.3 Å². The Labute approximate surface area is 161 Å². The Morgan fingerprint density at radius 3 is 2.50 bits per heavy atom. The number of hydrogen-bond donors (Lipinski definition) is 1. The lowest BCUT2D eigenvalue weighted by Gasteiger charge is -2.17. The van der Waals surface area contributed by atoms with Crippen LogP contribution in [0.3, 0.4) is 0 Å². The molecule has 0 atom stereocenters. The smallest absolute Gasteiger partial charge is 0.163 e. The Hall–Kier alpha value is -1.71. The van der Waals surface area contributed by atoms with Gasteiger partial charge in [0, 0.05) is 23.7 Å². The number of rotatable bonds is 8. The van der Waals surface area contributed by atoms with Crippen molar-refractivity contribution in [1.29, 1.82) is 0 Å². The van der Waals surface area contributed by atoms with Crippen molar-refractivity contribution in [2.75, 3.05) is 6.61 Å². The normalized spacial score (nSPS) is 14.6. The zero-order valence-corrected chi connectivity index (χ0v) is 16.4. The van der Waals surface area contributed by atoms with Crippen LogP contribution in [0.5, 0.6) is 11.5 Å². The van der Waals surface area contributed by atoms with E-state index in [0.29, 0.717) is 25.0 Å². The fourth-order valence-electron chi connectivity index (χ4n) is 3.41. The average molecular weight is 374 g/mol. The number of ether oxygens (including phenoxy) is 2. The van der Waals surface area contributed by atoms with Gasteiger partial charge in [-0.2, -0.15) is 0 Å². The molecule has 3 nitrogen and oxygen atoms in total. The molecule has 26 heavy (non-hydrogen) atoms. The van der Waals surface area contributed by atoms with Crippen LogP contribution in [0, 0.1) is 6.92 Å². The van der Waals surface area contributed by atoms with Gasteiger partial charge in [-0.05, 0) is 49.4 Å². The standard InChI is InChI=1S/C22H28ClNO2/c1-3-25-21-12-18(14-24-19-10-6-7-11-19)20(23)13-22(21)26-15-17-9-5-4-8-16(17)2/h4-5,8-9,12-13,19,24H,3,6-7,10-11,14-15H2,1-2H3. The Kier molecular flexibility index (Phi) is 6.81. The van der Waals surface area contributed by atoms with Gasteiger partial charge in [0.15, 0.2) is 11.5 Å². The fraction of sp³-hybridized carbons (Fsp3) is 0.455. The topological polar surface area (TPSA) is 30.5 Å². The first-order chi connectivity index (χ1) is 12.7. The lowest BCUT2D eigenvalue weighted by Crippen LogP contribution is -2.25. The van der Waals surface area contributed by atoms with Crippen LogP contribution < -0.4 is 14.8 Å². The summed E-state index contributed by atoms with van der Waals surface area (Å²) in [5.41, 5.74) is 3.44. The van der Waals surface area contributed by atoms with E-state index in [1.54, 1.807) is 0 Å². The van der Waals surface area contributed by atoms with Gasteiger partial charge in [-0.1, -0.05) is 48.7 Å². The molecule has 0 heterocycles. The Morgan fingerprint density at radius 1 is 1.04 bits per heavy atom. The van der Waals surface area contributed by atoms with E-state index in [1.165, 1.54) is 31.2 Å². The third kappa shape index (κ3) is 4.93. The molecule has 0 aromatic heterocycles. The van der Waals surface area contributed by atoms with E-state index in [-0.39, 0.29) is 0 Å². The Bertz CT molecular complexity index is 726. The first-order valence-corrected chi connectivity index (χ1v) is 9.91. The fourth-order valence-corrected chi connectivity index (χ4v) is 3.63. The maximum atomic E-state index is 6.52.